The molecule has 0 radical (unpaired) electrons. The lowest BCUT2D eigenvalue weighted by Gasteiger charge is -2.06. The molecular weight excluding hydrogens is 246 g/mol. The fourth-order valence-electron chi connectivity index (χ4n) is 1.44. The van der Waals surface area contributed by atoms with Gasteiger partial charge in [0.25, 0.3) is 0 Å². The van der Waals surface area contributed by atoms with Crippen molar-refractivity contribution in [2.24, 2.45) is 0 Å². The van der Waals surface area contributed by atoms with Crippen molar-refractivity contribution in [3.8, 4) is 11.8 Å². The molecule has 0 saturated heterocycles. The predicted molar refractivity (Wildman–Crippen MR) is 69.3 cm³/mol. The zero-order valence-corrected chi connectivity index (χ0v) is 10.6. The van der Waals surface area contributed by atoms with E-state index in [4.69, 9.17) is 10.00 Å². The number of rotatable bonds is 4. The van der Waals surface area contributed by atoms with E-state index in [9.17, 15) is 0 Å². The van der Waals surface area contributed by atoms with E-state index < -0.39 is 0 Å². The second-order valence-electron chi connectivity index (χ2n) is 3.48. The van der Waals surface area contributed by atoms with Gasteiger partial charge in [-0.25, -0.2) is 9.97 Å². The van der Waals surface area contributed by atoms with Crippen molar-refractivity contribution < 1.29 is 4.74 Å². The minimum absolute atomic E-state index is 0.549. The zero-order chi connectivity index (χ0) is 12.8. The average Bonchev–Trinajstić information content (AvgIpc) is 2.45. The first-order valence-electron chi connectivity index (χ1n) is 5.29. The van der Waals surface area contributed by atoms with Gasteiger partial charge in [-0.05, 0) is 23.8 Å². The molecule has 0 amide bonds. The van der Waals surface area contributed by atoms with Crippen LogP contribution in [0.2, 0.25) is 0 Å². The molecule has 90 valence electrons. The molecule has 0 atom stereocenters. The van der Waals surface area contributed by atoms with E-state index in [2.05, 4.69) is 16.0 Å². The molecule has 0 unspecified atom stereocenters. The summed E-state index contributed by atoms with van der Waals surface area (Å²) in [5.41, 5.74) is 1.64. The van der Waals surface area contributed by atoms with E-state index in [1.54, 1.807) is 31.1 Å². The molecule has 2 aromatic rings. The van der Waals surface area contributed by atoms with Gasteiger partial charge in [-0.2, -0.15) is 5.26 Å². The van der Waals surface area contributed by atoms with Crippen LogP contribution in [0.5, 0.6) is 5.75 Å². The monoisotopic (exact) mass is 257 g/mol. The highest BCUT2D eigenvalue weighted by Gasteiger charge is 2.04. The Balaban J connectivity index is 2.09. The van der Waals surface area contributed by atoms with Gasteiger partial charge >= 0.3 is 0 Å². The maximum Gasteiger partial charge on any atom is 0.136 e. The van der Waals surface area contributed by atoms with Crippen molar-refractivity contribution >= 4 is 11.8 Å². The first-order chi connectivity index (χ1) is 8.83. The van der Waals surface area contributed by atoms with Crippen molar-refractivity contribution in [2.45, 2.75) is 10.8 Å². The quantitative estimate of drug-likeness (QED) is 0.622. The molecular formula is C13H11N3OS. The summed E-state index contributed by atoms with van der Waals surface area (Å²) in [6.45, 7) is 0. The van der Waals surface area contributed by atoms with Gasteiger partial charge in [0.05, 0.1) is 17.7 Å². The topological polar surface area (TPSA) is 58.8 Å². The number of thioether (sulfide) groups is 1. The summed E-state index contributed by atoms with van der Waals surface area (Å²) < 4.78 is 5.17. The zero-order valence-electron chi connectivity index (χ0n) is 9.83. The molecule has 0 bridgehead atoms. The molecule has 0 aliphatic carbocycles. The molecule has 2 rings (SSSR count). The van der Waals surface area contributed by atoms with Crippen molar-refractivity contribution in [1.82, 2.24) is 9.97 Å². The maximum atomic E-state index is 8.90. The van der Waals surface area contributed by atoms with E-state index in [0.717, 1.165) is 16.3 Å². The Kier molecular flexibility index (Phi) is 4.15. The van der Waals surface area contributed by atoms with Crippen molar-refractivity contribution in [1.29, 1.82) is 5.26 Å². The van der Waals surface area contributed by atoms with E-state index in [1.807, 2.05) is 18.2 Å². The minimum atomic E-state index is 0.549. The number of hydrogen-bond donors (Lipinski definition) is 0. The molecule has 0 saturated carbocycles. The van der Waals surface area contributed by atoms with Crippen LogP contribution in [0, 0.1) is 11.3 Å². The number of nitriles is 1. The molecule has 18 heavy (non-hydrogen) atoms. The molecule has 0 aliphatic rings. The van der Waals surface area contributed by atoms with Crippen LogP contribution in [0.1, 0.15) is 11.1 Å². The van der Waals surface area contributed by atoms with Crippen LogP contribution in [0.4, 0.5) is 0 Å². The largest absolute Gasteiger partial charge is 0.495 e. The third-order valence-electron chi connectivity index (χ3n) is 2.33. The number of ether oxygens (including phenoxy) is 1. The summed E-state index contributed by atoms with van der Waals surface area (Å²) in [5, 5.41) is 9.82. The third kappa shape index (κ3) is 2.99. The molecule has 0 aliphatic heterocycles. The fourth-order valence-corrected chi connectivity index (χ4v) is 2.21. The van der Waals surface area contributed by atoms with Crippen LogP contribution in [0.15, 0.2) is 41.8 Å². The van der Waals surface area contributed by atoms with E-state index >= 15 is 0 Å². The van der Waals surface area contributed by atoms with Crippen LogP contribution in [0.3, 0.4) is 0 Å². The normalized spacial score (nSPS) is 9.78. The number of benzene rings is 1. The van der Waals surface area contributed by atoms with Gasteiger partial charge in [-0.3, -0.25) is 0 Å². The van der Waals surface area contributed by atoms with Crippen LogP contribution < -0.4 is 4.74 Å². The number of hydrogen-bond acceptors (Lipinski definition) is 5. The van der Waals surface area contributed by atoms with Crippen LogP contribution >= 0.6 is 11.8 Å². The first kappa shape index (κ1) is 12.4. The van der Waals surface area contributed by atoms with Gasteiger partial charge in [0.2, 0.25) is 0 Å². The lowest BCUT2D eigenvalue weighted by atomic mass is 10.1. The van der Waals surface area contributed by atoms with Gasteiger partial charge in [0.1, 0.15) is 18.1 Å². The molecule has 1 aromatic heterocycles. The highest BCUT2D eigenvalue weighted by molar-refractivity contribution is 7.98. The minimum Gasteiger partial charge on any atom is -0.495 e. The number of nitrogens with zero attached hydrogens (tertiary/aromatic N) is 3. The van der Waals surface area contributed by atoms with Crippen molar-refractivity contribution in [3.63, 3.8) is 0 Å². The van der Waals surface area contributed by atoms with Gasteiger partial charge in [0, 0.05) is 11.9 Å². The lowest BCUT2D eigenvalue weighted by molar-refractivity contribution is 0.413. The number of aromatic nitrogens is 2. The molecule has 1 heterocycles. The van der Waals surface area contributed by atoms with E-state index in [0.29, 0.717) is 11.3 Å². The maximum absolute atomic E-state index is 8.90. The van der Waals surface area contributed by atoms with Gasteiger partial charge in [0.15, 0.2) is 0 Å². The summed E-state index contributed by atoms with van der Waals surface area (Å²) in [6, 6.07) is 9.54. The Labute approximate surface area is 110 Å². The van der Waals surface area contributed by atoms with Crippen LogP contribution in [-0.4, -0.2) is 17.1 Å². The van der Waals surface area contributed by atoms with Crippen molar-refractivity contribution in [2.75, 3.05) is 7.11 Å². The molecule has 0 N–H and O–H groups in total. The number of methoxy groups -OCH3 is 1. The van der Waals surface area contributed by atoms with Crippen molar-refractivity contribution in [3.05, 3.63) is 47.9 Å². The Morgan fingerprint density at radius 1 is 1.39 bits per heavy atom. The average molecular weight is 257 g/mol. The molecule has 1 aromatic carbocycles. The smallest absolute Gasteiger partial charge is 0.136 e. The second kappa shape index (κ2) is 6.03. The summed E-state index contributed by atoms with van der Waals surface area (Å²) in [4.78, 5) is 8.01. The van der Waals surface area contributed by atoms with Crippen LogP contribution in [-0.2, 0) is 5.75 Å². The summed E-state index contributed by atoms with van der Waals surface area (Å²) in [5.74, 6) is 1.39. The van der Waals surface area contributed by atoms with E-state index in [-0.39, 0.29) is 0 Å². The Morgan fingerprint density at radius 3 is 2.94 bits per heavy atom. The molecule has 0 fully saturated rings. The van der Waals surface area contributed by atoms with Gasteiger partial charge < -0.3 is 4.74 Å². The van der Waals surface area contributed by atoms with Gasteiger partial charge in [-0.15, -0.1) is 11.8 Å². The Bertz CT molecular complexity index is 566. The summed E-state index contributed by atoms with van der Waals surface area (Å²) >= 11 is 1.62. The fraction of sp³-hybridized carbons (Fsp3) is 0.154. The van der Waals surface area contributed by atoms with E-state index in [1.165, 1.54) is 6.33 Å². The SMILES string of the molecule is COc1cc(CSc2ccncn2)ccc1C#N. The molecule has 4 nitrogen and oxygen atoms in total. The Morgan fingerprint density at radius 2 is 2.28 bits per heavy atom. The molecule has 5 heteroatoms. The first-order valence-corrected chi connectivity index (χ1v) is 6.28. The Hall–Kier alpha value is -2.06. The highest BCUT2D eigenvalue weighted by Crippen LogP contribution is 2.24. The predicted octanol–water partition coefficient (Wildman–Crippen LogP) is 2.65. The standard InChI is InChI=1S/C13H11N3OS/c1-17-12-6-10(2-3-11(12)7-14)8-18-13-4-5-15-9-16-13/h2-6,9H,8H2,1H3. The lowest BCUT2D eigenvalue weighted by Crippen LogP contribution is -1.90. The summed E-state index contributed by atoms with van der Waals surface area (Å²) in [7, 11) is 1.57. The molecule has 0 spiro atoms. The summed E-state index contributed by atoms with van der Waals surface area (Å²) in [6.07, 6.45) is 3.25. The third-order valence-corrected chi connectivity index (χ3v) is 3.34. The highest BCUT2D eigenvalue weighted by atomic mass is 32.2. The van der Waals surface area contributed by atoms with Gasteiger partial charge in [-0.1, -0.05) is 6.07 Å². The van der Waals surface area contributed by atoms with Crippen LogP contribution in [0.25, 0.3) is 0 Å². The second-order valence-corrected chi connectivity index (χ2v) is 4.48.